The molecule has 168 valence electrons. The predicted molar refractivity (Wildman–Crippen MR) is 125 cm³/mol. The Balaban J connectivity index is 1.31. The number of nitrogens with zero attached hydrogens (tertiary/aromatic N) is 3. The molecule has 3 heterocycles. The molecule has 0 radical (unpaired) electrons. The SMILES string of the molecule is CN=C(NCc1ccnc(OCC2CC2)c1)NCC(c1ccc(C)s1)N1CCOCC1. The normalized spacial score (nSPS) is 18.6. The monoisotopic (exact) mass is 443 g/mol. The largest absolute Gasteiger partial charge is 0.477 e. The van der Waals surface area contributed by atoms with E-state index in [1.54, 1.807) is 0 Å². The summed E-state index contributed by atoms with van der Waals surface area (Å²) < 4.78 is 11.4. The summed E-state index contributed by atoms with van der Waals surface area (Å²) in [7, 11) is 1.81. The minimum absolute atomic E-state index is 0.310. The molecule has 7 nitrogen and oxygen atoms in total. The molecule has 4 rings (SSSR count). The standard InChI is InChI=1S/C23H33N5O2S/c1-17-3-6-21(31-17)20(28-9-11-29-12-10-28)15-27-23(24-2)26-14-19-7-8-25-22(13-19)30-16-18-4-5-18/h3,6-8,13,18,20H,4-5,9-12,14-16H2,1-2H3,(H2,24,26,27). The second-order valence-electron chi connectivity index (χ2n) is 8.18. The van der Waals surface area contributed by atoms with Crippen molar-refractivity contribution in [2.45, 2.75) is 32.4 Å². The molecule has 0 aromatic carbocycles. The van der Waals surface area contributed by atoms with Gasteiger partial charge in [0.05, 0.1) is 25.9 Å². The van der Waals surface area contributed by atoms with Crippen LogP contribution < -0.4 is 15.4 Å². The quantitative estimate of drug-likeness (QED) is 0.459. The molecule has 1 unspecified atom stereocenters. The third-order valence-corrected chi connectivity index (χ3v) is 6.79. The highest BCUT2D eigenvalue weighted by atomic mass is 32.1. The topological polar surface area (TPSA) is 71.0 Å². The number of hydrogen-bond donors (Lipinski definition) is 2. The third-order valence-electron chi connectivity index (χ3n) is 5.69. The van der Waals surface area contributed by atoms with Gasteiger partial charge in [-0.25, -0.2) is 4.98 Å². The van der Waals surface area contributed by atoms with Gasteiger partial charge in [0, 0.05) is 55.2 Å². The van der Waals surface area contributed by atoms with Crippen molar-refractivity contribution < 1.29 is 9.47 Å². The summed E-state index contributed by atoms with van der Waals surface area (Å²) in [5, 5.41) is 6.94. The van der Waals surface area contributed by atoms with Crippen molar-refractivity contribution >= 4 is 17.3 Å². The van der Waals surface area contributed by atoms with Crippen molar-refractivity contribution in [3.8, 4) is 5.88 Å². The lowest BCUT2D eigenvalue weighted by atomic mass is 10.2. The van der Waals surface area contributed by atoms with Gasteiger partial charge in [-0.3, -0.25) is 9.89 Å². The van der Waals surface area contributed by atoms with Gasteiger partial charge in [-0.05, 0) is 49.4 Å². The van der Waals surface area contributed by atoms with E-state index in [4.69, 9.17) is 9.47 Å². The summed E-state index contributed by atoms with van der Waals surface area (Å²) in [5.74, 6) is 2.22. The molecule has 1 atom stereocenters. The third kappa shape index (κ3) is 6.66. The van der Waals surface area contributed by atoms with Gasteiger partial charge in [0.15, 0.2) is 5.96 Å². The molecular weight excluding hydrogens is 410 g/mol. The second-order valence-corrected chi connectivity index (χ2v) is 9.50. The summed E-state index contributed by atoms with van der Waals surface area (Å²) in [5.41, 5.74) is 1.13. The average molecular weight is 444 g/mol. The number of hydrogen-bond acceptors (Lipinski definition) is 6. The number of aromatic nitrogens is 1. The zero-order valence-electron chi connectivity index (χ0n) is 18.5. The Bertz CT molecular complexity index is 861. The second kappa shape index (κ2) is 10.9. The number of thiophene rings is 1. The number of guanidine groups is 1. The van der Waals surface area contributed by atoms with Crippen LogP contribution in [0.25, 0.3) is 0 Å². The van der Waals surface area contributed by atoms with Crippen LogP contribution in [0.3, 0.4) is 0 Å². The predicted octanol–water partition coefficient (Wildman–Crippen LogP) is 2.98. The summed E-state index contributed by atoms with van der Waals surface area (Å²) in [6.07, 6.45) is 4.36. The van der Waals surface area contributed by atoms with Gasteiger partial charge in [0.1, 0.15) is 0 Å². The van der Waals surface area contributed by atoms with Crippen molar-refractivity contribution in [1.29, 1.82) is 0 Å². The highest BCUT2D eigenvalue weighted by Gasteiger charge is 2.24. The van der Waals surface area contributed by atoms with Gasteiger partial charge in [-0.1, -0.05) is 0 Å². The van der Waals surface area contributed by atoms with Crippen molar-refractivity contribution in [2.75, 3.05) is 46.5 Å². The molecular formula is C23H33N5O2S. The maximum atomic E-state index is 5.80. The first-order valence-corrected chi connectivity index (χ1v) is 11.9. The number of morpholine rings is 1. The van der Waals surface area contributed by atoms with E-state index in [2.05, 4.69) is 44.6 Å². The van der Waals surface area contributed by atoms with E-state index in [1.807, 2.05) is 36.7 Å². The van der Waals surface area contributed by atoms with Crippen LogP contribution >= 0.6 is 11.3 Å². The van der Waals surface area contributed by atoms with Crippen molar-refractivity contribution in [3.05, 3.63) is 45.8 Å². The lowest BCUT2D eigenvalue weighted by Crippen LogP contribution is -2.46. The van der Waals surface area contributed by atoms with E-state index in [-0.39, 0.29) is 0 Å². The number of pyridine rings is 1. The first-order valence-electron chi connectivity index (χ1n) is 11.1. The van der Waals surface area contributed by atoms with Gasteiger partial charge in [-0.2, -0.15) is 0 Å². The fraction of sp³-hybridized carbons (Fsp3) is 0.565. The molecule has 1 aliphatic heterocycles. The molecule has 2 N–H and O–H groups in total. The van der Waals surface area contributed by atoms with Crippen LogP contribution in [0.4, 0.5) is 0 Å². The van der Waals surface area contributed by atoms with Crippen molar-refractivity contribution in [1.82, 2.24) is 20.5 Å². The van der Waals surface area contributed by atoms with Crippen LogP contribution in [-0.4, -0.2) is 62.3 Å². The molecule has 0 amide bonds. The minimum Gasteiger partial charge on any atom is -0.477 e. The molecule has 2 aliphatic rings. The minimum atomic E-state index is 0.310. The van der Waals surface area contributed by atoms with Crippen LogP contribution in [0.15, 0.2) is 35.5 Å². The Morgan fingerprint density at radius 1 is 1.29 bits per heavy atom. The van der Waals surface area contributed by atoms with Crippen LogP contribution in [-0.2, 0) is 11.3 Å². The van der Waals surface area contributed by atoms with E-state index in [0.29, 0.717) is 18.5 Å². The summed E-state index contributed by atoms with van der Waals surface area (Å²) in [4.78, 5) is 14.0. The molecule has 1 saturated carbocycles. The fourth-order valence-electron chi connectivity index (χ4n) is 3.66. The Morgan fingerprint density at radius 3 is 2.84 bits per heavy atom. The molecule has 31 heavy (non-hydrogen) atoms. The van der Waals surface area contributed by atoms with Crippen molar-refractivity contribution in [2.24, 2.45) is 10.9 Å². The molecule has 1 saturated heterocycles. The van der Waals surface area contributed by atoms with E-state index < -0.39 is 0 Å². The van der Waals surface area contributed by atoms with Crippen LogP contribution in [0, 0.1) is 12.8 Å². The highest BCUT2D eigenvalue weighted by molar-refractivity contribution is 7.12. The summed E-state index contributed by atoms with van der Waals surface area (Å²) in [6, 6.07) is 8.78. The van der Waals surface area contributed by atoms with Crippen LogP contribution in [0.2, 0.25) is 0 Å². The van der Waals surface area contributed by atoms with E-state index in [9.17, 15) is 0 Å². The number of aliphatic imine (C=N–C) groups is 1. The Morgan fingerprint density at radius 2 is 2.13 bits per heavy atom. The first-order chi connectivity index (χ1) is 15.2. The van der Waals surface area contributed by atoms with Crippen LogP contribution in [0.5, 0.6) is 5.88 Å². The van der Waals surface area contributed by atoms with E-state index in [0.717, 1.165) is 56.9 Å². The smallest absolute Gasteiger partial charge is 0.213 e. The van der Waals surface area contributed by atoms with Crippen LogP contribution in [0.1, 0.15) is 34.2 Å². The summed E-state index contributed by atoms with van der Waals surface area (Å²) >= 11 is 1.87. The molecule has 2 fully saturated rings. The zero-order valence-corrected chi connectivity index (χ0v) is 19.3. The van der Waals surface area contributed by atoms with Gasteiger partial charge < -0.3 is 20.1 Å². The number of nitrogens with one attached hydrogen (secondary N) is 2. The summed E-state index contributed by atoms with van der Waals surface area (Å²) in [6.45, 7) is 7.90. The van der Waals surface area contributed by atoms with Gasteiger partial charge >= 0.3 is 0 Å². The van der Waals surface area contributed by atoms with E-state index in [1.165, 1.54) is 22.6 Å². The average Bonchev–Trinajstić information content (AvgIpc) is 3.54. The number of ether oxygens (including phenoxy) is 2. The lowest BCUT2D eigenvalue weighted by Gasteiger charge is -2.34. The number of aryl methyl sites for hydroxylation is 1. The Hall–Kier alpha value is -2.16. The molecule has 8 heteroatoms. The Kier molecular flexibility index (Phi) is 7.77. The first kappa shape index (κ1) is 22.0. The highest BCUT2D eigenvalue weighted by Crippen LogP contribution is 2.29. The Labute approximate surface area is 188 Å². The maximum absolute atomic E-state index is 5.80. The molecule has 1 aliphatic carbocycles. The van der Waals surface area contributed by atoms with Gasteiger partial charge in [-0.15, -0.1) is 11.3 Å². The maximum Gasteiger partial charge on any atom is 0.213 e. The van der Waals surface area contributed by atoms with Gasteiger partial charge in [0.25, 0.3) is 0 Å². The molecule has 2 aromatic heterocycles. The fourth-order valence-corrected chi connectivity index (χ4v) is 4.67. The zero-order chi connectivity index (χ0) is 21.5. The lowest BCUT2D eigenvalue weighted by molar-refractivity contribution is 0.0177. The van der Waals surface area contributed by atoms with E-state index >= 15 is 0 Å². The molecule has 0 bridgehead atoms. The number of rotatable bonds is 9. The molecule has 0 spiro atoms. The van der Waals surface area contributed by atoms with Crippen molar-refractivity contribution in [3.63, 3.8) is 0 Å². The molecule has 2 aromatic rings. The van der Waals surface area contributed by atoms with Gasteiger partial charge in [0.2, 0.25) is 5.88 Å².